The zero-order valence-corrected chi connectivity index (χ0v) is 12.7. The van der Waals surface area contributed by atoms with Gasteiger partial charge in [0.05, 0.1) is 0 Å². The molecule has 20 heavy (non-hydrogen) atoms. The number of aryl methyl sites for hydroxylation is 1. The minimum absolute atomic E-state index is 0.474. The fourth-order valence-electron chi connectivity index (χ4n) is 2.64. The Labute approximate surface area is 123 Å². The number of anilines is 2. The molecule has 3 rings (SSSR count). The van der Waals surface area contributed by atoms with E-state index in [1.54, 1.807) is 17.7 Å². The van der Waals surface area contributed by atoms with Crippen LogP contribution in [0.4, 0.5) is 10.9 Å². The standard InChI is InChI=1S/C14H19N5S/c1-11-8-13(17-10-16-11)18(2)12-4-3-6-19(9-12)14-15-5-7-20-14/h5,7-8,10,12H,3-4,6,9H2,1-2H3. The van der Waals surface area contributed by atoms with Crippen molar-refractivity contribution in [1.29, 1.82) is 0 Å². The van der Waals surface area contributed by atoms with Gasteiger partial charge in [-0.3, -0.25) is 0 Å². The minimum atomic E-state index is 0.474. The van der Waals surface area contributed by atoms with E-state index in [9.17, 15) is 0 Å². The van der Waals surface area contributed by atoms with E-state index in [1.807, 2.05) is 24.6 Å². The Morgan fingerprint density at radius 3 is 3.00 bits per heavy atom. The molecule has 106 valence electrons. The van der Waals surface area contributed by atoms with Crippen LogP contribution in [0.15, 0.2) is 24.0 Å². The Bertz CT molecular complexity index is 556. The van der Waals surface area contributed by atoms with E-state index in [0.29, 0.717) is 6.04 Å². The molecule has 1 fully saturated rings. The van der Waals surface area contributed by atoms with Gasteiger partial charge >= 0.3 is 0 Å². The van der Waals surface area contributed by atoms with E-state index in [1.165, 1.54) is 12.8 Å². The lowest BCUT2D eigenvalue weighted by molar-refractivity contribution is 0.485. The molecule has 0 bridgehead atoms. The van der Waals surface area contributed by atoms with Gasteiger partial charge in [-0.2, -0.15) is 0 Å². The number of piperidine rings is 1. The van der Waals surface area contributed by atoms with E-state index in [-0.39, 0.29) is 0 Å². The molecule has 0 aromatic carbocycles. The zero-order chi connectivity index (χ0) is 13.9. The third-order valence-corrected chi connectivity index (χ3v) is 4.62. The van der Waals surface area contributed by atoms with Gasteiger partial charge in [0.1, 0.15) is 12.1 Å². The molecule has 0 saturated carbocycles. The van der Waals surface area contributed by atoms with Gasteiger partial charge < -0.3 is 9.80 Å². The van der Waals surface area contributed by atoms with Crippen molar-refractivity contribution in [3.05, 3.63) is 29.7 Å². The van der Waals surface area contributed by atoms with E-state index in [2.05, 4.69) is 31.8 Å². The van der Waals surface area contributed by atoms with Gasteiger partial charge in [-0.15, -0.1) is 11.3 Å². The van der Waals surface area contributed by atoms with Gasteiger partial charge in [-0.05, 0) is 19.8 Å². The molecule has 0 spiro atoms. The van der Waals surface area contributed by atoms with Crippen molar-refractivity contribution >= 4 is 22.3 Å². The Morgan fingerprint density at radius 1 is 1.35 bits per heavy atom. The summed E-state index contributed by atoms with van der Waals surface area (Å²) in [6, 6.07) is 2.52. The van der Waals surface area contributed by atoms with Crippen LogP contribution in [0.1, 0.15) is 18.5 Å². The predicted molar refractivity (Wildman–Crippen MR) is 82.5 cm³/mol. The molecule has 0 aliphatic carbocycles. The second-order valence-electron chi connectivity index (χ2n) is 5.19. The topological polar surface area (TPSA) is 45.2 Å². The monoisotopic (exact) mass is 289 g/mol. The van der Waals surface area contributed by atoms with Crippen molar-refractivity contribution in [2.75, 3.05) is 29.9 Å². The maximum Gasteiger partial charge on any atom is 0.185 e. The molecule has 1 aliphatic rings. The Hall–Kier alpha value is -1.69. The molecule has 0 amide bonds. The molecule has 6 heteroatoms. The van der Waals surface area contributed by atoms with E-state index in [0.717, 1.165) is 29.7 Å². The predicted octanol–water partition coefficient (Wildman–Crippen LogP) is 2.35. The van der Waals surface area contributed by atoms with Crippen molar-refractivity contribution in [1.82, 2.24) is 15.0 Å². The van der Waals surface area contributed by atoms with E-state index < -0.39 is 0 Å². The Balaban J connectivity index is 1.73. The van der Waals surface area contributed by atoms with Crippen LogP contribution >= 0.6 is 11.3 Å². The molecule has 2 aromatic rings. The molecule has 2 aromatic heterocycles. The lowest BCUT2D eigenvalue weighted by atomic mass is 10.0. The maximum absolute atomic E-state index is 4.42. The quantitative estimate of drug-likeness (QED) is 0.868. The fraction of sp³-hybridized carbons (Fsp3) is 0.500. The average molecular weight is 289 g/mol. The summed E-state index contributed by atoms with van der Waals surface area (Å²) < 4.78 is 0. The van der Waals surface area contributed by atoms with Crippen molar-refractivity contribution in [3.63, 3.8) is 0 Å². The summed E-state index contributed by atoms with van der Waals surface area (Å²) in [5.41, 5.74) is 1.01. The number of rotatable bonds is 3. The van der Waals surface area contributed by atoms with Gasteiger partial charge in [0.25, 0.3) is 0 Å². The number of hydrogen-bond acceptors (Lipinski definition) is 6. The Morgan fingerprint density at radius 2 is 2.25 bits per heavy atom. The summed E-state index contributed by atoms with van der Waals surface area (Å²) in [4.78, 5) is 17.6. The normalized spacial score (nSPS) is 19.1. The molecular weight excluding hydrogens is 270 g/mol. The number of thiazole rings is 1. The largest absolute Gasteiger partial charge is 0.355 e. The summed E-state index contributed by atoms with van der Waals surface area (Å²) in [6.07, 6.45) is 5.91. The highest BCUT2D eigenvalue weighted by Crippen LogP contribution is 2.25. The van der Waals surface area contributed by atoms with Gasteiger partial charge in [0.2, 0.25) is 0 Å². The third-order valence-electron chi connectivity index (χ3n) is 3.78. The second-order valence-corrected chi connectivity index (χ2v) is 6.06. The van der Waals surface area contributed by atoms with Crippen molar-refractivity contribution < 1.29 is 0 Å². The molecule has 0 N–H and O–H groups in total. The van der Waals surface area contributed by atoms with Crippen LogP contribution in [0, 0.1) is 6.92 Å². The first-order valence-electron chi connectivity index (χ1n) is 6.90. The molecule has 5 nitrogen and oxygen atoms in total. The smallest absolute Gasteiger partial charge is 0.185 e. The summed E-state index contributed by atoms with van der Waals surface area (Å²) in [5, 5.41) is 3.16. The van der Waals surface area contributed by atoms with Crippen molar-refractivity contribution in [2.24, 2.45) is 0 Å². The first kappa shape index (κ1) is 13.3. The van der Waals surface area contributed by atoms with Crippen LogP contribution < -0.4 is 9.80 Å². The summed E-state index contributed by atoms with van der Waals surface area (Å²) in [7, 11) is 2.12. The minimum Gasteiger partial charge on any atom is -0.355 e. The highest BCUT2D eigenvalue weighted by Gasteiger charge is 2.25. The third kappa shape index (κ3) is 2.75. The lowest BCUT2D eigenvalue weighted by Crippen LogP contribution is -2.47. The molecule has 1 unspecified atom stereocenters. The summed E-state index contributed by atoms with van der Waals surface area (Å²) >= 11 is 1.71. The molecule has 1 aliphatic heterocycles. The van der Waals surface area contributed by atoms with Crippen LogP contribution in [0.3, 0.4) is 0 Å². The van der Waals surface area contributed by atoms with Crippen LogP contribution in [-0.2, 0) is 0 Å². The van der Waals surface area contributed by atoms with Crippen LogP contribution in [0.25, 0.3) is 0 Å². The number of nitrogens with zero attached hydrogens (tertiary/aromatic N) is 5. The molecule has 0 radical (unpaired) electrons. The molecular formula is C14H19N5S. The average Bonchev–Trinajstić information content (AvgIpc) is 3.01. The number of hydrogen-bond donors (Lipinski definition) is 0. The van der Waals surface area contributed by atoms with Gasteiger partial charge in [0.15, 0.2) is 5.13 Å². The highest BCUT2D eigenvalue weighted by molar-refractivity contribution is 7.13. The number of likely N-dealkylation sites (N-methyl/N-ethyl adjacent to an activating group) is 1. The SMILES string of the molecule is Cc1cc(N(C)C2CCCN(c3nccs3)C2)ncn1. The van der Waals surface area contributed by atoms with E-state index >= 15 is 0 Å². The van der Waals surface area contributed by atoms with E-state index in [4.69, 9.17) is 0 Å². The van der Waals surface area contributed by atoms with Gasteiger partial charge in [-0.25, -0.2) is 15.0 Å². The van der Waals surface area contributed by atoms with Crippen LogP contribution in [0.5, 0.6) is 0 Å². The Kier molecular flexibility index (Phi) is 3.82. The highest BCUT2D eigenvalue weighted by atomic mass is 32.1. The molecule has 1 saturated heterocycles. The number of aromatic nitrogens is 3. The van der Waals surface area contributed by atoms with Crippen molar-refractivity contribution in [3.8, 4) is 0 Å². The molecule has 3 heterocycles. The first-order chi connectivity index (χ1) is 9.74. The van der Waals surface area contributed by atoms with Gasteiger partial charge in [-0.1, -0.05) is 0 Å². The first-order valence-corrected chi connectivity index (χ1v) is 7.78. The second kappa shape index (κ2) is 5.75. The molecule has 1 atom stereocenters. The fourth-order valence-corrected chi connectivity index (χ4v) is 3.32. The zero-order valence-electron chi connectivity index (χ0n) is 11.9. The summed E-state index contributed by atoms with van der Waals surface area (Å²) in [6.45, 7) is 4.11. The maximum atomic E-state index is 4.42. The van der Waals surface area contributed by atoms with Crippen LogP contribution in [0.2, 0.25) is 0 Å². The summed E-state index contributed by atoms with van der Waals surface area (Å²) in [5.74, 6) is 1.00. The van der Waals surface area contributed by atoms with Gasteiger partial charge in [0, 0.05) is 49.5 Å². The van der Waals surface area contributed by atoms with Crippen molar-refractivity contribution in [2.45, 2.75) is 25.8 Å². The van der Waals surface area contributed by atoms with Crippen LogP contribution in [-0.4, -0.2) is 41.1 Å². The lowest BCUT2D eigenvalue weighted by Gasteiger charge is -2.38.